The Hall–Kier alpha value is -1.43. The Morgan fingerprint density at radius 1 is 1.47 bits per heavy atom. The maximum absolute atomic E-state index is 6.27. The summed E-state index contributed by atoms with van der Waals surface area (Å²) in [6, 6.07) is 3.95. The van der Waals surface area contributed by atoms with Crippen LogP contribution < -0.4 is 11.3 Å². The van der Waals surface area contributed by atoms with E-state index in [4.69, 9.17) is 17.4 Å². The Balaban J connectivity index is 2.29. The lowest BCUT2D eigenvalue weighted by atomic mass is 10.0. The molecule has 1 unspecified atom stereocenters. The topological polar surface area (TPSA) is 68.8 Å². The highest BCUT2D eigenvalue weighted by Crippen LogP contribution is 2.25. The van der Waals surface area contributed by atoms with Crippen molar-refractivity contribution in [2.45, 2.75) is 26.3 Å². The van der Waals surface area contributed by atoms with E-state index < -0.39 is 0 Å². The van der Waals surface area contributed by atoms with Gasteiger partial charge in [-0.2, -0.15) is 5.10 Å². The lowest BCUT2D eigenvalue weighted by Crippen LogP contribution is -2.30. The summed E-state index contributed by atoms with van der Waals surface area (Å²) >= 11 is 6.27. The fourth-order valence-electron chi connectivity index (χ4n) is 2.15. The fraction of sp³-hybridized carbons (Fsp3) is 0.385. The number of hydrogen-bond donors (Lipinski definition) is 2. The number of hydrogen-bond acceptors (Lipinski definition) is 4. The molecule has 5 nitrogen and oxygen atoms in total. The van der Waals surface area contributed by atoms with E-state index >= 15 is 0 Å². The van der Waals surface area contributed by atoms with Crippen molar-refractivity contribution in [1.82, 2.24) is 20.2 Å². The molecule has 6 heteroatoms. The molecule has 102 valence electrons. The molecule has 0 radical (unpaired) electrons. The van der Waals surface area contributed by atoms with E-state index in [-0.39, 0.29) is 6.04 Å². The minimum Gasteiger partial charge on any atom is -0.271 e. The van der Waals surface area contributed by atoms with Crippen LogP contribution in [0.1, 0.15) is 28.7 Å². The summed E-state index contributed by atoms with van der Waals surface area (Å²) in [6.07, 6.45) is 2.46. The van der Waals surface area contributed by atoms with Crippen LogP contribution in [0.3, 0.4) is 0 Å². The van der Waals surface area contributed by atoms with Crippen molar-refractivity contribution in [3.05, 3.63) is 46.0 Å². The molecule has 0 fully saturated rings. The fourth-order valence-corrected chi connectivity index (χ4v) is 2.39. The molecule has 19 heavy (non-hydrogen) atoms. The molecular weight excluding hydrogens is 262 g/mol. The molecule has 0 aliphatic rings. The predicted molar refractivity (Wildman–Crippen MR) is 75.7 cm³/mol. The van der Waals surface area contributed by atoms with Gasteiger partial charge in [-0.25, -0.2) is 0 Å². The number of rotatable bonds is 4. The molecule has 0 aliphatic heterocycles. The lowest BCUT2D eigenvalue weighted by molar-refractivity contribution is 0.529. The van der Waals surface area contributed by atoms with E-state index in [1.54, 1.807) is 10.9 Å². The average molecular weight is 280 g/mol. The zero-order valence-corrected chi connectivity index (χ0v) is 12.1. The number of nitrogens with one attached hydrogen (secondary N) is 1. The Morgan fingerprint density at radius 3 is 2.74 bits per heavy atom. The van der Waals surface area contributed by atoms with Gasteiger partial charge < -0.3 is 0 Å². The van der Waals surface area contributed by atoms with Crippen molar-refractivity contribution < 1.29 is 0 Å². The number of aryl methyl sites for hydroxylation is 3. The third-order valence-electron chi connectivity index (χ3n) is 3.18. The number of hydrazine groups is 1. The van der Waals surface area contributed by atoms with Crippen LogP contribution in [0.2, 0.25) is 5.02 Å². The van der Waals surface area contributed by atoms with Crippen LogP contribution in [0.5, 0.6) is 0 Å². The third kappa shape index (κ3) is 2.94. The van der Waals surface area contributed by atoms with Crippen molar-refractivity contribution in [2.75, 3.05) is 0 Å². The summed E-state index contributed by atoms with van der Waals surface area (Å²) in [5, 5.41) is 5.02. The molecule has 0 saturated carbocycles. The van der Waals surface area contributed by atoms with Crippen molar-refractivity contribution >= 4 is 11.6 Å². The van der Waals surface area contributed by atoms with Gasteiger partial charge in [0.15, 0.2) is 0 Å². The van der Waals surface area contributed by atoms with E-state index in [2.05, 4.69) is 15.5 Å². The summed E-state index contributed by atoms with van der Waals surface area (Å²) in [6.45, 7) is 3.85. The molecule has 0 bridgehead atoms. The van der Waals surface area contributed by atoms with E-state index in [0.29, 0.717) is 11.4 Å². The van der Waals surface area contributed by atoms with Gasteiger partial charge in [0.1, 0.15) is 0 Å². The van der Waals surface area contributed by atoms with Crippen LogP contribution in [-0.4, -0.2) is 14.8 Å². The van der Waals surface area contributed by atoms with Gasteiger partial charge in [-0.1, -0.05) is 11.6 Å². The molecule has 0 aliphatic carbocycles. The highest BCUT2D eigenvalue weighted by Gasteiger charge is 2.17. The summed E-state index contributed by atoms with van der Waals surface area (Å²) in [7, 11) is 1.89. The highest BCUT2D eigenvalue weighted by atomic mass is 35.5. The molecule has 2 rings (SSSR count). The maximum Gasteiger partial charge on any atom is 0.0847 e. The first-order chi connectivity index (χ1) is 9.02. The summed E-state index contributed by atoms with van der Waals surface area (Å²) in [4.78, 5) is 4.19. The molecule has 1 atom stereocenters. The number of nitrogens with two attached hydrogens (primary N) is 1. The zero-order chi connectivity index (χ0) is 14.0. The minimum absolute atomic E-state index is 0.0194. The van der Waals surface area contributed by atoms with Gasteiger partial charge in [-0.15, -0.1) is 0 Å². The molecule has 3 N–H and O–H groups in total. The quantitative estimate of drug-likeness (QED) is 0.662. The van der Waals surface area contributed by atoms with Crippen molar-refractivity contribution in [3.63, 3.8) is 0 Å². The van der Waals surface area contributed by atoms with E-state index in [0.717, 1.165) is 22.6 Å². The predicted octanol–water partition coefficient (Wildman–Crippen LogP) is 1.83. The van der Waals surface area contributed by atoms with Crippen LogP contribution >= 0.6 is 11.6 Å². The molecule has 0 amide bonds. The van der Waals surface area contributed by atoms with Crippen LogP contribution in [0.15, 0.2) is 18.3 Å². The van der Waals surface area contributed by atoms with Crippen LogP contribution in [0.4, 0.5) is 0 Å². The number of aromatic nitrogens is 3. The molecule has 2 aromatic heterocycles. The summed E-state index contributed by atoms with van der Waals surface area (Å²) in [5.41, 5.74) is 6.68. The van der Waals surface area contributed by atoms with Crippen LogP contribution in [-0.2, 0) is 13.5 Å². The number of halogens is 1. The van der Waals surface area contributed by atoms with Crippen LogP contribution in [0, 0.1) is 13.8 Å². The highest BCUT2D eigenvalue weighted by molar-refractivity contribution is 6.31. The SMILES string of the molecule is Cc1cc(C(Cc2c(Cl)c(C)nn2C)NN)ccn1. The molecule has 0 saturated heterocycles. The van der Waals surface area contributed by atoms with Gasteiger partial charge in [0.25, 0.3) is 0 Å². The largest absolute Gasteiger partial charge is 0.271 e. The smallest absolute Gasteiger partial charge is 0.0847 e. The summed E-state index contributed by atoms with van der Waals surface area (Å²) in [5.74, 6) is 5.67. The van der Waals surface area contributed by atoms with E-state index in [9.17, 15) is 0 Å². The van der Waals surface area contributed by atoms with Gasteiger partial charge in [0.2, 0.25) is 0 Å². The second kappa shape index (κ2) is 5.69. The number of pyridine rings is 1. The molecular formula is C13H18ClN5. The lowest BCUT2D eigenvalue weighted by Gasteiger charge is -2.17. The second-order valence-electron chi connectivity index (χ2n) is 4.62. The average Bonchev–Trinajstić information content (AvgIpc) is 2.61. The zero-order valence-electron chi connectivity index (χ0n) is 11.3. The molecule has 0 aromatic carbocycles. The molecule has 2 aromatic rings. The maximum atomic E-state index is 6.27. The summed E-state index contributed by atoms with van der Waals surface area (Å²) < 4.78 is 1.80. The Labute approximate surface area is 117 Å². The van der Waals surface area contributed by atoms with Gasteiger partial charge >= 0.3 is 0 Å². The number of nitrogens with zero attached hydrogens (tertiary/aromatic N) is 3. The Bertz CT molecular complexity index is 578. The Morgan fingerprint density at radius 2 is 2.21 bits per heavy atom. The third-order valence-corrected chi connectivity index (χ3v) is 3.68. The van der Waals surface area contributed by atoms with Crippen molar-refractivity contribution in [2.24, 2.45) is 12.9 Å². The van der Waals surface area contributed by atoms with Gasteiger partial charge in [-0.3, -0.25) is 20.9 Å². The van der Waals surface area contributed by atoms with Gasteiger partial charge in [0, 0.05) is 25.4 Å². The van der Waals surface area contributed by atoms with E-state index in [1.807, 2.05) is 33.0 Å². The first kappa shape index (κ1) is 14.0. The normalized spacial score (nSPS) is 12.7. The molecule has 2 heterocycles. The van der Waals surface area contributed by atoms with Gasteiger partial charge in [0.05, 0.1) is 22.5 Å². The van der Waals surface area contributed by atoms with E-state index in [1.165, 1.54) is 0 Å². The first-order valence-electron chi connectivity index (χ1n) is 6.09. The monoisotopic (exact) mass is 279 g/mol. The van der Waals surface area contributed by atoms with Gasteiger partial charge in [-0.05, 0) is 31.5 Å². The standard InChI is InChI=1S/C13H18ClN5/c1-8-6-10(4-5-16-8)11(17-15)7-12-13(14)9(2)18-19(12)3/h4-6,11,17H,7,15H2,1-3H3. The first-order valence-corrected chi connectivity index (χ1v) is 6.47. The Kier molecular flexibility index (Phi) is 4.19. The second-order valence-corrected chi connectivity index (χ2v) is 5.00. The van der Waals surface area contributed by atoms with Crippen LogP contribution in [0.25, 0.3) is 0 Å². The van der Waals surface area contributed by atoms with Crippen molar-refractivity contribution in [1.29, 1.82) is 0 Å². The molecule has 0 spiro atoms. The minimum atomic E-state index is -0.0194. The van der Waals surface area contributed by atoms with Crippen molar-refractivity contribution in [3.8, 4) is 0 Å².